The van der Waals surface area contributed by atoms with Crippen LogP contribution in [0.15, 0.2) is 35.3 Å². The van der Waals surface area contributed by atoms with Crippen molar-refractivity contribution in [1.29, 1.82) is 0 Å². The molecule has 0 spiro atoms. The summed E-state index contributed by atoms with van der Waals surface area (Å²) >= 11 is 5.61. The number of hydrogen-bond acceptors (Lipinski definition) is 5. The van der Waals surface area contributed by atoms with Crippen LogP contribution in [0.25, 0.3) is 5.65 Å². The molecule has 3 rings (SSSR count). The Balaban J connectivity index is 2.14. The van der Waals surface area contributed by atoms with E-state index < -0.39 is 17.3 Å². The molecule has 0 saturated carbocycles. The third-order valence-corrected chi connectivity index (χ3v) is 3.39. The second kappa shape index (κ2) is 6.32. The van der Waals surface area contributed by atoms with Gasteiger partial charge in [-0.2, -0.15) is 4.52 Å². The summed E-state index contributed by atoms with van der Waals surface area (Å²) in [6.07, 6.45) is 1.48. The molecular weight excluding hydrogens is 341 g/mol. The number of aromatic amines is 1. The molecule has 0 bridgehead atoms. The van der Waals surface area contributed by atoms with E-state index >= 15 is 0 Å². The Morgan fingerprint density at radius 1 is 1.42 bits per heavy atom. The number of esters is 1. The molecule has 0 fully saturated rings. The van der Waals surface area contributed by atoms with E-state index in [1.165, 1.54) is 24.4 Å². The maximum atomic E-state index is 13.6. The van der Waals surface area contributed by atoms with Crippen molar-refractivity contribution in [3.8, 4) is 11.5 Å². The van der Waals surface area contributed by atoms with Crippen molar-refractivity contribution in [2.75, 3.05) is 6.61 Å². The lowest BCUT2D eigenvalue weighted by Crippen LogP contribution is -2.22. The van der Waals surface area contributed by atoms with E-state index in [-0.39, 0.29) is 34.5 Å². The Morgan fingerprint density at radius 3 is 2.92 bits per heavy atom. The van der Waals surface area contributed by atoms with E-state index in [2.05, 4.69) is 10.1 Å². The van der Waals surface area contributed by atoms with Gasteiger partial charge >= 0.3 is 11.5 Å². The van der Waals surface area contributed by atoms with Crippen LogP contribution in [0.4, 0.5) is 4.39 Å². The summed E-state index contributed by atoms with van der Waals surface area (Å²) in [6.45, 7) is 1.72. The minimum Gasteiger partial charge on any atom is -0.461 e. The summed E-state index contributed by atoms with van der Waals surface area (Å²) in [6, 6.07) is 5.15. The molecule has 124 valence electrons. The standard InChI is InChI=1S/C15H11ClFN3O4/c1-2-23-15(22)12-13(14(21)20-11(19-12)5-6-18-20)24-8-3-4-9(16)10(17)7-8/h3-7,18H,2H2,1H3. The monoisotopic (exact) mass is 351 g/mol. The van der Waals surface area contributed by atoms with Crippen molar-refractivity contribution >= 4 is 23.2 Å². The van der Waals surface area contributed by atoms with Crippen LogP contribution < -0.4 is 10.3 Å². The molecule has 0 radical (unpaired) electrons. The van der Waals surface area contributed by atoms with Crippen molar-refractivity contribution in [2.45, 2.75) is 6.92 Å². The average Bonchev–Trinajstić information content (AvgIpc) is 3.02. The minimum atomic E-state index is -0.817. The zero-order chi connectivity index (χ0) is 17.3. The van der Waals surface area contributed by atoms with E-state index in [9.17, 15) is 14.0 Å². The number of hydrogen-bond donors (Lipinski definition) is 1. The molecule has 0 amide bonds. The number of nitrogens with one attached hydrogen (secondary N) is 1. The van der Waals surface area contributed by atoms with Crippen LogP contribution in [0.2, 0.25) is 5.02 Å². The summed E-state index contributed by atoms with van der Waals surface area (Å²) in [4.78, 5) is 28.7. The Hall–Kier alpha value is -2.87. The van der Waals surface area contributed by atoms with Crippen LogP contribution >= 0.6 is 11.6 Å². The van der Waals surface area contributed by atoms with Gasteiger partial charge in [0.1, 0.15) is 11.6 Å². The lowest BCUT2D eigenvalue weighted by Gasteiger charge is -2.10. The molecule has 1 aromatic carbocycles. The fraction of sp³-hybridized carbons (Fsp3) is 0.133. The van der Waals surface area contributed by atoms with E-state index in [1.54, 1.807) is 6.92 Å². The van der Waals surface area contributed by atoms with Gasteiger partial charge in [0.2, 0.25) is 5.75 Å². The van der Waals surface area contributed by atoms with Crippen molar-refractivity contribution < 1.29 is 18.7 Å². The van der Waals surface area contributed by atoms with Gasteiger partial charge in [-0.05, 0) is 19.1 Å². The van der Waals surface area contributed by atoms with Crippen molar-refractivity contribution in [1.82, 2.24) is 14.6 Å². The fourth-order valence-corrected chi connectivity index (χ4v) is 2.15. The maximum absolute atomic E-state index is 13.6. The first-order valence-corrected chi connectivity index (χ1v) is 7.29. The summed E-state index contributed by atoms with van der Waals surface area (Å²) in [5.41, 5.74) is -0.738. The highest BCUT2D eigenvalue weighted by Gasteiger charge is 2.23. The van der Waals surface area contributed by atoms with Gasteiger partial charge in [-0.15, -0.1) is 0 Å². The molecule has 0 aliphatic heterocycles. The molecule has 1 N–H and O–H groups in total. The number of ether oxygens (including phenoxy) is 2. The van der Waals surface area contributed by atoms with Crippen molar-refractivity contribution in [2.24, 2.45) is 0 Å². The second-order valence-corrected chi connectivity index (χ2v) is 5.06. The Kier molecular flexibility index (Phi) is 4.22. The van der Waals surface area contributed by atoms with Crippen LogP contribution in [0.1, 0.15) is 17.4 Å². The predicted octanol–water partition coefficient (Wildman–Crippen LogP) is 2.78. The highest BCUT2D eigenvalue weighted by Crippen LogP contribution is 2.25. The number of halogens is 2. The molecule has 0 atom stereocenters. The molecule has 0 aliphatic carbocycles. The highest BCUT2D eigenvalue weighted by atomic mass is 35.5. The van der Waals surface area contributed by atoms with Crippen LogP contribution in [0.3, 0.4) is 0 Å². The number of H-pyrrole nitrogens is 1. The SMILES string of the molecule is CCOC(=O)c1nc2cc[nH]n2c(=O)c1Oc1ccc(Cl)c(F)c1. The smallest absolute Gasteiger partial charge is 0.361 e. The van der Waals surface area contributed by atoms with Gasteiger partial charge in [0.25, 0.3) is 0 Å². The quantitative estimate of drug-likeness (QED) is 0.730. The molecule has 0 aliphatic rings. The molecule has 7 nitrogen and oxygen atoms in total. The largest absolute Gasteiger partial charge is 0.461 e. The first kappa shape index (κ1) is 16.0. The average molecular weight is 352 g/mol. The summed E-state index contributed by atoms with van der Waals surface area (Å²) < 4.78 is 24.9. The molecule has 3 aromatic rings. The van der Waals surface area contributed by atoms with Gasteiger partial charge in [-0.1, -0.05) is 11.6 Å². The zero-order valence-electron chi connectivity index (χ0n) is 12.4. The Morgan fingerprint density at radius 2 is 2.21 bits per heavy atom. The molecule has 0 unspecified atom stereocenters. The topological polar surface area (TPSA) is 85.7 Å². The van der Waals surface area contributed by atoms with E-state index in [4.69, 9.17) is 21.1 Å². The van der Waals surface area contributed by atoms with Gasteiger partial charge < -0.3 is 9.47 Å². The minimum absolute atomic E-state index is 0.00662. The molecular formula is C15H11ClFN3O4. The van der Waals surface area contributed by atoms with E-state index in [0.29, 0.717) is 0 Å². The summed E-state index contributed by atoms with van der Waals surface area (Å²) in [5, 5.41) is 2.55. The fourth-order valence-electron chi connectivity index (χ4n) is 2.03. The van der Waals surface area contributed by atoms with Crippen LogP contribution in [-0.4, -0.2) is 27.2 Å². The third-order valence-electron chi connectivity index (χ3n) is 3.08. The molecule has 2 aromatic heterocycles. The molecule has 0 saturated heterocycles. The number of benzene rings is 1. The van der Waals surface area contributed by atoms with Crippen molar-refractivity contribution in [3.63, 3.8) is 0 Å². The number of rotatable bonds is 4. The number of nitrogens with zero attached hydrogens (tertiary/aromatic N) is 2. The predicted molar refractivity (Wildman–Crippen MR) is 83.3 cm³/mol. The van der Waals surface area contributed by atoms with Gasteiger partial charge in [0, 0.05) is 18.3 Å². The number of fused-ring (bicyclic) bond motifs is 1. The van der Waals surface area contributed by atoms with Crippen LogP contribution in [0.5, 0.6) is 11.5 Å². The summed E-state index contributed by atoms with van der Waals surface area (Å²) in [7, 11) is 0. The highest BCUT2D eigenvalue weighted by molar-refractivity contribution is 6.30. The van der Waals surface area contributed by atoms with E-state index in [0.717, 1.165) is 10.6 Å². The van der Waals surface area contributed by atoms with Gasteiger partial charge in [-0.25, -0.2) is 14.2 Å². The first-order chi connectivity index (χ1) is 11.5. The van der Waals surface area contributed by atoms with Gasteiger partial charge in [0.05, 0.1) is 11.6 Å². The molecule has 9 heteroatoms. The Labute approximate surface area is 139 Å². The normalized spacial score (nSPS) is 10.8. The van der Waals surface area contributed by atoms with Crippen LogP contribution in [0, 0.1) is 5.82 Å². The molecule has 2 heterocycles. The summed E-state index contributed by atoms with van der Waals surface area (Å²) in [5.74, 6) is -1.92. The van der Waals surface area contributed by atoms with Crippen LogP contribution in [-0.2, 0) is 4.74 Å². The number of aromatic nitrogens is 3. The van der Waals surface area contributed by atoms with Gasteiger partial charge in [0.15, 0.2) is 11.3 Å². The lowest BCUT2D eigenvalue weighted by molar-refractivity contribution is 0.0516. The van der Waals surface area contributed by atoms with Crippen molar-refractivity contribution in [3.05, 3.63) is 57.3 Å². The number of carbonyl (C=O) groups is 1. The lowest BCUT2D eigenvalue weighted by atomic mass is 10.3. The third kappa shape index (κ3) is 2.83. The number of carbonyl (C=O) groups excluding carboxylic acids is 1. The maximum Gasteiger partial charge on any atom is 0.361 e. The second-order valence-electron chi connectivity index (χ2n) is 4.65. The molecule has 24 heavy (non-hydrogen) atoms. The van der Waals surface area contributed by atoms with E-state index in [1.807, 2.05) is 0 Å². The Bertz CT molecular complexity index is 982. The zero-order valence-corrected chi connectivity index (χ0v) is 13.1. The first-order valence-electron chi connectivity index (χ1n) is 6.91. The van der Waals surface area contributed by atoms with Gasteiger partial charge in [-0.3, -0.25) is 9.89 Å².